The van der Waals surface area contributed by atoms with E-state index >= 15 is 0 Å². The average molecular weight is 500 g/mol. The van der Waals surface area contributed by atoms with Crippen LogP contribution in [-0.2, 0) is 9.59 Å². The van der Waals surface area contributed by atoms with Crippen molar-refractivity contribution in [3.63, 3.8) is 0 Å². The third kappa shape index (κ3) is 5.41. The monoisotopic (exact) mass is 499 g/mol. The van der Waals surface area contributed by atoms with Gasteiger partial charge in [-0.2, -0.15) is 0 Å². The maximum absolute atomic E-state index is 13.4. The van der Waals surface area contributed by atoms with Crippen molar-refractivity contribution in [1.82, 2.24) is 9.88 Å². The zero-order chi connectivity index (χ0) is 26.1. The van der Waals surface area contributed by atoms with Crippen LogP contribution in [0, 0.1) is 19.8 Å². The molecule has 0 aliphatic carbocycles. The zero-order valence-corrected chi connectivity index (χ0v) is 22.3. The number of rotatable bonds is 4. The lowest BCUT2D eigenvalue weighted by Gasteiger charge is -2.43. The molecule has 0 radical (unpaired) electrons. The molecule has 3 aromatic rings. The minimum atomic E-state index is -0.0818. The van der Waals surface area contributed by atoms with Crippen molar-refractivity contribution in [3.05, 3.63) is 59.7 Å². The largest absolute Gasteiger partial charge is 0.365 e. The Kier molecular flexibility index (Phi) is 7.04. The number of piperidine rings is 1. The number of carbonyl (C=O) groups excluding carboxylic acids is 2. The Bertz CT molecular complexity index is 1310. The van der Waals surface area contributed by atoms with E-state index in [0.29, 0.717) is 11.9 Å². The molecular weight excluding hydrogens is 462 g/mol. The summed E-state index contributed by atoms with van der Waals surface area (Å²) in [5.41, 5.74) is 5.35. The first-order valence-corrected chi connectivity index (χ1v) is 13.3. The van der Waals surface area contributed by atoms with Gasteiger partial charge in [0.25, 0.3) is 0 Å². The van der Waals surface area contributed by atoms with Gasteiger partial charge in [0.05, 0.1) is 5.52 Å². The van der Waals surface area contributed by atoms with E-state index in [1.165, 1.54) is 18.2 Å². The number of fused-ring (bicyclic) bond motifs is 1. The van der Waals surface area contributed by atoms with Crippen molar-refractivity contribution in [2.75, 3.05) is 47.8 Å². The van der Waals surface area contributed by atoms with Gasteiger partial charge in [0.15, 0.2) is 0 Å². The van der Waals surface area contributed by atoms with E-state index in [1.807, 2.05) is 18.2 Å². The van der Waals surface area contributed by atoms with Gasteiger partial charge in [-0.1, -0.05) is 12.1 Å². The zero-order valence-electron chi connectivity index (χ0n) is 22.3. The highest BCUT2D eigenvalue weighted by molar-refractivity contribution is 5.93. The van der Waals surface area contributed by atoms with Crippen LogP contribution in [0.1, 0.15) is 37.8 Å². The summed E-state index contributed by atoms with van der Waals surface area (Å²) < 4.78 is 0. The summed E-state index contributed by atoms with van der Waals surface area (Å²) in [6, 6.07) is 16.9. The summed E-state index contributed by atoms with van der Waals surface area (Å²) in [4.78, 5) is 36.5. The minimum absolute atomic E-state index is 0.0794. The SMILES string of the molecule is CC(=O)Nc1ccc2nc(N3CCC(C(=O)N4CCN(c5cccc(C)c5)C(C)C4)CC3)cc(C)c2c1. The molecule has 1 unspecified atom stereocenters. The van der Waals surface area contributed by atoms with Crippen molar-refractivity contribution >= 4 is 39.9 Å². The van der Waals surface area contributed by atoms with Crippen LogP contribution < -0.4 is 15.1 Å². The Morgan fingerprint density at radius 2 is 1.76 bits per heavy atom. The molecule has 1 atom stereocenters. The van der Waals surface area contributed by atoms with Crippen LogP contribution in [0.2, 0.25) is 0 Å². The average Bonchev–Trinajstić information content (AvgIpc) is 2.88. The van der Waals surface area contributed by atoms with E-state index in [1.54, 1.807) is 0 Å². The number of anilines is 3. The van der Waals surface area contributed by atoms with Gasteiger partial charge in [0.2, 0.25) is 11.8 Å². The maximum Gasteiger partial charge on any atom is 0.225 e. The Balaban J connectivity index is 1.20. The van der Waals surface area contributed by atoms with Crippen molar-refractivity contribution in [1.29, 1.82) is 0 Å². The van der Waals surface area contributed by atoms with E-state index in [2.05, 4.69) is 71.1 Å². The molecule has 2 aliphatic heterocycles. The predicted octanol–water partition coefficient (Wildman–Crippen LogP) is 4.76. The van der Waals surface area contributed by atoms with Gasteiger partial charge >= 0.3 is 0 Å². The van der Waals surface area contributed by atoms with Crippen LogP contribution in [0.5, 0.6) is 0 Å². The molecular formula is C30H37N5O2. The Labute approximate surface area is 219 Å². The predicted molar refractivity (Wildman–Crippen MR) is 150 cm³/mol. The molecule has 5 rings (SSSR count). The van der Waals surface area contributed by atoms with Crippen molar-refractivity contribution in [2.45, 2.75) is 46.6 Å². The van der Waals surface area contributed by atoms with Gasteiger partial charge in [-0.3, -0.25) is 9.59 Å². The van der Waals surface area contributed by atoms with E-state index in [0.717, 1.165) is 73.5 Å². The molecule has 0 spiro atoms. The molecule has 7 heteroatoms. The van der Waals surface area contributed by atoms with Gasteiger partial charge in [0, 0.05) is 68.4 Å². The molecule has 7 nitrogen and oxygen atoms in total. The third-order valence-corrected chi connectivity index (χ3v) is 7.76. The standard InChI is InChI=1S/C30H37N5O2/c1-20-6-5-7-26(16-20)35-15-14-34(19-22(35)3)30(37)24-10-12-33(13-11-24)29-17-21(2)27-18-25(31-23(4)36)8-9-28(27)32-29/h5-9,16-18,22,24H,10-15,19H2,1-4H3,(H,31,36). The van der Waals surface area contributed by atoms with Gasteiger partial charge in [0.1, 0.15) is 5.82 Å². The Hall–Kier alpha value is -3.61. The Morgan fingerprint density at radius 1 is 0.973 bits per heavy atom. The summed E-state index contributed by atoms with van der Waals surface area (Å²) in [7, 11) is 0. The quantitative estimate of drug-likeness (QED) is 0.560. The molecule has 2 fully saturated rings. The summed E-state index contributed by atoms with van der Waals surface area (Å²) >= 11 is 0. The highest BCUT2D eigenvalue weighted by atomic mass is 16.2. The number of piperazine rings is 1. The fourth-order valence-corrected chi connectivity index (χ4v) is 5.78. The number of hydrogen-bond donors (Lipinski definition) is 1. The molecule has 1 N–H and O–H groups in total. The fraction of sp³-hybridized carbons (Fsp3) is 0.433. The van der Waals surface area contributed by atoms with Crippen LogP contribution >= 0.6 is 0 Å². The molecule has 194 valence electrons. The van der Waals surface area contributed by atoms with Crippen LogP contribution in [0.25, 0.3) is 10.9 Å². The molecule has 2 amide bonds. The Morgan fingerprint density at radius 3 is 2.46 bits per heavy atom. The minimum Gasteiger partial charge on any atom is -0.365 e. The lowest BCUT2D eigenvalue weighted by molar-refractivity contribution is -0.137. The number of aryl methyl sites for hydroxylation is 2. The second kappa shape index (κ2) is 10.4. The molecule has 37 heavy (non-hydrogen) atoms. The molecule has 2 saturated heterocycles. The molecule has 0 bridgehead atoms. The van der Waals surface area contributed by atoms with Gasteiger partial charge in [-0.05, 0) is 81.1 Å². The van der Waals surface area contributed by atoms with E-state index in [4.69, 9.17) is 4.98 Å². The van der Waals surface area contributed by atoms with Gasteiger partial charge < -0.3 is 20.0 Å². The van der Waals surface area contributed by atoms with Crippen LogP contribution in [0.3, 0.4) is 0 Å². The fourth-order valence-electron chi connectivity index (χ4n) is 5.78. The number of nitrogens with one attached hydrogen (secondary N) is 1. The summed E-state index contributed by atoms with van der Waals surface area (Å²) in [6.07, 6.45) is 1.71. The number of benzene rings is 2. The first-order chi connectivity index (χ1) is 17.8. The van der Waals surface area contributed by atoms with E-state index in [-0.39, 0.29) is 11.8 Å². The second-order valence-corrected chi connectivity index (χ2v) is 10.6. The van der Waals surface area contributed by atoms with Crippen molar-refractivity contribution < 1.29 is 9.59 Å². The number of amides is 2. The number of pyridine rings is 1. The summed E-state index contributed by atoms with van der Waals surface area (Å²) in [6.45, 7) is 12.0. The second-order valence-electron chi connectivity index (χ2n) is 10.6. The van der Waals surface area contributed by atoms with Crippen molar-refractivity contribution in [3.8, 4) is 0 Å². The first kappa shape index (κ1) is 25.1. The maximum atomic E-state index is 13.4. The number of nitrogens with zero attached hydrogens (tertiary/aromatic N) is 4. The van der Waals surface area contributed by atoms with Crippen LogP contribution in [0.15, 0.2) is 48.5 Å². The molecule has 3 heterocycles. The van der Waals surface area contributed by atoms with Crippen LogP contribution in [-0.4, -0.2) is 60.5 Å². The smallest absolute Gasteiger partial charge is 0.225 e. The van der Waals surface area contributed by atoms with Gasteiger partial charge in [-0.15, -0.1) is 0 Å². The summed E-state index contributed by atoms with van der Waals surface area (Å²) in [5, 5.41) is 3.89. The van der Waals surface area contributed by atoms with Crippen molar-refractivity contribution in [2.24, 2.45) is 5.92 Å². The molecule has 2 aliphatic rings. The van der Waals surface area contributed by atoms with E-state index < -0.39 is 0 Å². The molecule has 2 aromatic carbocycles. The van der Waals surface area contributed by atoms with E-state index in [9.17, 15) is 9.59 Å². The summed E-state index contributed by atoms with van der Waals surface area (Å²) in [5.74, 6) is 1.27. The van der Waals surface area contributed by atoms with Crippen LogP contribution in [0.4, 0.5) is 17.2 Å². The van der Waals surface area contributed by atoms with Gasteiger partial charge in [-0.25, -0.2) is 4.98 Å². The third-order valence-electron chi connectivity index (χ3n) is 7.76. The highest BCUT2D eigenvalue weighted by Crippen LogP contribution is 2.29. The molecule has 1 aromatic heterocycles. The molecule has 0 saturated carbocycles. The lowest BCUT2D eigenvalue weighted by Crippen LogP contribution is -2.55. The lowest BCUT2D eigenvalue weighted by atomic mass is 9.94. The first-order valence-electron chi connectivity index (χ1n) is 13.3. The number of aromatic nitrogens is 1. The number of carbonyl (C=O) groups is 2. The topological polar surface area (TPSA) is 68.8 Å². The number of hydrogen-bond acceptors (Lipinski definition) is 5. The normalized spacial score (nSPS) is 18.8. The highest BCUT2D eigenvalue weighted by Gasteiger charge is 2.33.